The van der Waals surface area contributed by atoms with Gasteiger partial charge >= 0.3 is 0 Å². The van der Waals surface area contributed by atoms with Gasteiger partial charge in [0.1, 0.15) is 11.5 Å². The molecule has 2 aromatic rings. The van der Waals surface area contributed by atoms with Crippen molar-refractivity contribution in [3.05, 3.63) is 59.7 Å². The van der Waals surface area contributed by atoms with Crippen LogP contribution in [0.3, 0.4) is 0 Å². The Bertz CT molecular complexity index is 714. The number of methoxy groups -OCH3 is 1. The summed E-state index contributed by atoms with van der Waals surface area (Å²) < 4.78 is 10.5. The van der Waals surface area contributed by atoms with Crippen molar-refractivity contribution in [1.82, 2.24) is 10.6 Å². The Morgan fingerprint density at radius 3 is 2.36 bits per heavy atom. The Hall–Kier alpha value is -3.02. The van der Waals surface area contributed by atoms with Crippen LogP contribution in [0.15, 0.2) is 48.5 Å². The largest absolute Gasteiger partial charge is 0.496 e. The first-order valence-corrected chi connectivity index (χ1v) is 7.97. The van der Waals surface area contributed by atoms with Gasteiger partial charge < -0.3 is 20.1 Å². The molecule has 2 rings (SSSR count). The highest BCUT2D eigenvalue weighted by molar-refractivity contribution is 5.96. The molecule has 0 aliphatic heterocycles. The number of hydrogen-bond acceptors (Lipinski definition) is 4. The highest BCUT2D eigenvalue weighted by Crippen LogP contribution is 2.16. The summed E-state index contributed by atoms with van der Waals surface area (Å²) in [5.74, 6) is 0.662. The Morgan fingerprint density at radius 2 is 1.64 bits per heavy atom. The third-order valence-corrected chi connectivity index (χ3v) is 3.48. The van der Waals surface area contributed by atoms with E-state index in [-0.39, 0.29) is 18.4 Å². The minimum atomic E-state index is -0.248. The van der Waals surface area contributed by atoms with Crippen LogP contribution >= 0.6 is 0 Å². The third kappa shape index (κ3) is 5.84. The Morgan fingerprint density at radius 1 is 0.960 bits per heavy atom. The molecular weight excluding hydrogens is 320 g/mol. The van der Waals surface area contributed by atoms with Gasteiger partial charge in [0.2, 0.25) is 0 Å². The number of carbonyl (C=O) groups is 2. The van der Waals surface area contributed by atoms with Crippen LogP contribution in [-0.4, -0.2) is 38.6 Å². The lowest BCUT2D eigenvalue weighted by atomic mass is 10.2. The molecule has 0 unspecified atom stereocenters. The molecule has 2 aromatic carbocycles. The number of aryl methyl sites for hydroxylation is 1. The SMILES string of the molecule is COc1ccccc1C(=O)NCCNC(=O)COc1ccc(C)cc1. The quantitative estimate of drug-likeness (QED) is 0.719. The zero-order valence-corrected chi connectivity index (χ0v) is 14.4. The molecular formula is C19H22N2O4. The van der Waals surface area contributed by atoms with Crippen molar-refractivity contribution in [2.75, 3.05) is 26.8 Å². The summed E-state index contributed by atoms with van der Waals surface area (Å²) in [5, 5.41) is 5.42. The number of rotatable bonds is 8. The van der Waals surface area contributed by atoms with E-state index in [1.165, 1.54) is 7.11 Å². The molecule has 0 bridgehead atoms. The van der Waals surface area contributed by atoms with Crippen molar-refractivity contribution in [3.8, 4) is 11.5 Å². The average Bonchev–Trinajstić information content (AvgIpc) is 2.64. The van der Waals surface area contributed by atoms with E-state index < -0.39 is 0 Å². The molecule has 0 radical (unpaired) electrons. The fraction of sp³-hybridized carbons (Fsp3) is 0.263. The predicted molar refractivity (Wildman–Crippen MR) is 95.0 cm³/mol. The topological polar surface area (TPSA) is 76.7 Å². The van der Waals surface area contributed by atoms with Gasteiger partial charge in [-0.15, -0.1) is 0 Å². The van der Waals surface area contributed by atoms with Crippen LogP contribution in [0.1, 0.15) is 15.9 Å². The van der Waals surface area contributed by atoms with Crippen LogP contribution in [0.2, 0.25) is 0 Å². The van der Waals surface area contributed by atoms with Crippen molar-refractivity contribution < 1.29 is 19.1 Å². The van der Waals surface area contributed by atoms with E-state index in [2.05, 4.69) is 10.6 Å². The van der Waals surface area contributed by atoms with E-state index in [1.807, 2.05) is 31.2 Å². The second kappa shape index (κ2) is 9.32. The van der Waals surface area contributed by atoms with Gasteiger partial charge in [-0.1, -0.05) is 29.8 Å². The molecule has 0 saturated carbocycles. The molecule has 6 nitrogen and oxygen atoms in total. The van der Waals surface area contributed by atoms with E-state index in [9.17, 15) is 9.59 Å². The molecule has 0 spiro atoms. The van der Waals surface area contributed by atoms with Crippen molar-refractivity contribution in [1.29, 1.82) is 0 Å². The lowest BCUT2D eigenvalue weighted by molar-refractivity contribution is -0.123. The molecule has 0 saturated heterocycles. The zero-order valence-electron chi connectivity index (χ0n) is 14.4. The number of benzene rings is 2. The summed E-state index contributed by atoms with van der Waals surface area (Å²) in [4.78, 5) is 23.8. The van der Waals surface area contributed by atoms with Crippen LogP contribution in [0.5, 0.6) is 11.5 Å². The van der Waals surface area contributed by atoms with Crippen LogP contribution in [0, 0.1) is 6.92 Å². The van der Waals surface area contributed by atoms with E-state index in [0.717, 1.165) is 5.56 Å². The highest BCUT2D eigenvalue weighted by Gasteiger charge is 2.10. The molecule has 0 aliphatic carbocycles. The summed E-state index contributed by atoms with van der Waals surface area (Å²) in [6.45, 7) is 2.55. The second-order valence-electron chi connectivity index (χ2n) is 5.41. The number of para-hydroxylation sites is 1. The van der Waals surface area contributed by atoms with E-state index in [4.69, 9.17) is 9.47 Å². The summed E-state index contributed by atoms with van der Waals surface area (Å²) >= 11 is 0. The predicted octanol–water partition coefficient (Wildman–Crippen LogP) is 1.93. The molecule has 25 heavy (non-hydrogen) atoms. The highest BCUT2D eigenvalue weighted by atomic mass is 16.5. The van der Waals surface area contributed by atoms with Crippen molar-refractivity contribution in [3.63, 3.8) is 0 Å². The lowest BCUT2D eigenvalue weighted by Crippen LogP contribution is -2.36. The number of amides is 2. The Labute approximate surface area is 147 Å². The minimum absolute atomic E-state index is 0.0660. The summed E-state index contributed by atoms with van der Waals surface area (Å²) in [7, 11) is 1.51. The molecule has 6 heteroatoms. The molecule has 0 aliphatic rings. The summed E-state index contributed by atoms with van der Waals surface area (Å²) in [5.41, 5.74) is 1.58. The smallest absolute Gasteiger partial charge is 0.258 e. The fourth-order valence-corrected chi connectivity index (χ4v) is 2.14. The maximum Gasteiger partial charge on any atom is 0.258 e. The molecule has 0 atom stereocenters. The van der Waals surface area contributed by atoms with E-state index in [1.54, 1.807) is 24.3 Å². The van der Waals surface area contributed by atoms with Crippen molar-refractivity contribution >= 4 is 11.8 Å². The zero-order chi connectivity index (χ0) is 18.1. The third-order valence-electron chi connectivity index (χ3n) is 3.48. The Kier molecular flexibility index (Phi) is 6.83. The van der Waals surface area contributed by atoms with Gasteiger partial charge in [-0.05, 0) is 31.2 Å². The number of hydrogen-bond donors (Lipinski definition) is 2. The van der Waals surface area contributed by atoms with Crippen LogP contribution < -0.4 is 20.1 Å². The van der Waals surface area contributed by atoms with Crippen LogP contribution in [-0.2, 0) is 4.79 Å². The maximum atomic E-state index is 12.1. The summed E-state index contributed by atoms with van der Waals surface area (Å²) in [6.07, 6.45) is 0. The lowest BCUT2D eigenvalue weighted by Gasteiger charge is -2.10. The molecule has 0 aromatic heterocycles. The van der Waals surface area contributed by atoms with Gasteiger partial charge in [-0.3, -0.25) is 9.59 Å². The molecule has 2 N–H and O–H groups in total. The monoisotopic (exact) mass is 342 g/mol. The number of nitrogens with one attached hydrogen (secondary N) is 2. The number of carbonyl (C=O) groups excluding carboxylic acids is 2. The van der Waals surface area contributed by atoms with Gasteiger partial charge in [-0.2, -0.15) is 0 Å². The molecule has 0 fully saturated rings. The standard InChI is InChI=1S/C19H22N2O4/c1-14-7-9-15(10-8-14)25-13-18(22)20-11-12-21-19(23)16-5-3-4-6-17(16)24-2/h3-10H,11-13H2,1-2H3,(H,20,22)(H,21,23). The minimum Gasteiger partial charge on any atom is -0.496 e. The van der Waals surface area contributed by atoms with E-state index >= 15 is 0 Å². The first kappa shape index (κ1) is 18.3. The van der Waals surface area contributed by atoms with Gasteiger partial charge in [0.15, 0.2) is 6.61 Å². The van der Waals surface area contributed by atoms with Gasteiger partial charge in [-0.25, -0.2) is 0 Å². The van der Waals surface area contributed by atoms with Crippen molar-refractivity contribution in [2.24, 2.45) is 0 Å². The summed E-state index contributed by atoms with van der Waals surface area (Å²) in [6, 6.07) is 14.4. The molecule has 2 amide bonds. The van der Waals surface area contributed by atoms with Crippen molar-refractivity contribution in [2.45, 2.75) is 6.92 Å². The first-order valence-electron chi connectivity index (χ1n) is 7.97. The average molecular weight is 342 g/mol. The Balaban J connectivity index is 1.67. The first-order chi connectivity index (χ1) is 12.1. The van der Waals surface area contributed by atoms with E-state index in [0.29, 0.717) is 30.2 Å². The van der Waals surface area contributed by atoms with Crippen LogP contribution in [0.25, 0.3) is 0 Å². The number of ether oxygens (including phenoxy) is 2. The normalized spacial score (nSPS) is 10.0. The molecule has 132 valence electrons. The second-order valence-corrected chi connectivity index (χ2v) is 5.41. The maximum absolute atomic E-state index is 12.1. The van der Waals surface area contributed by atoms with Crippen LogP contribution in [0.4, 0.5) is 0 Å². The fourth-order valence-electron chi connectivity index (χ4n) is 2.14. The van der Waals surface area contributed by atoms with Gasteiger partial charge in [0, 0.05) is 13.1 Å². The van der Waals surface area contributed by atoms with Gasteiger partial charge in [0.25, 0.3) is 11.8 Å². The molecule has 0 heterocycles. The van der Waals surface area contributed by atoms with Gasteiger partial charge in [0.05, 0.1) is 12.7 Å².